The van der Waals surface area contributed by atoms with Crippen LogP contribution in [0.4, 0.5) is 4.39 Å². The van der Waals surface area contributed by atoms with Crippen LogP contribution in [0.15, 0.2) is 40.4 Å². The molecule has 5 nitrogen and oxygen atoms in total. The highest BCUT2D eigenvalue weighted by Crippen LogP contribution is 2.36. The molecule has 1 aliphatic heterocycles. The number of aliphatic carboxylic acids is 1. The Labute approximate surface area is 163 Å². The van der Waals surface area contributed by atoms with Gasteiger partial charge in [0.15, 0.2) is 23.5 Å². The Kier molecular flexibility index (Phi) is 5.32. The Balaban J connectivity index is 1.93. The Hall–Kier alpha value is -2.67. The monoisotopic (exact) mass is 434 g/mol. The second-order valence-corrected chi connectivity index (χ2v) is 7.05. The van der Waals surface area contributed by atoms with E-state index in [9.17, 15) is 14.0 Å². The standard InChI is InChI=1S/C20H16BrFO5/c1-10-5-14-18(23)13(9-26-19(14)15(21)6-10)7-12-3-4-16(22)17(8-12)27-11(2)20(24)25/h3-8,11H,9H2,1-2H3,(H,24,25). The summed E-state index contributed by atoms with van der Waals surface area (Å²) < 4.78 is 25.4. The smallest absolute Gasteiger partial charge is 0.344 e. The van der Waals surface area contributed by atoms with Crippen molar-refractivity contribution in [3.05, 3.63) is 62.9 Å². The molecule has 140 valence electrons. The number of ketones is 1. The summed E-state index contributed by atoms with van der Waals surface area (Å²) in [6.45, 7) is 3.26. The number of rotatable bonds is 4. The van der Waals surface area contributed by atoms with Crippen molar-refractivity contribution < 1.29 is 28.6 Å². The Bertz CT molecular complexity index is 967. The maximum absolute atomic E-state index is 13.9. The summed E-state index contributed by atoms with van der Waals surface area (Å²) in [5, 5.41) is 8.91. The molecule has 1 N–H and O–H groups in total. The van der Waals surface area contributed by atoms with Crippen molar-refractivity contribution in [3.8, 4) is 11.5 Å². The third kappa shape index (κ3) is 4.03. The molecule has 0 aromatic heterocycles. The summed E-state index contributed by atoms with van der Waals surface area (Å²) in [6.07, 6.45) is 0.383. The van der Waals surface area contributed by atoms with E-state index in [1.165, 1.54) is 25.1 Å². The van der Waals surface area contributed by atoms with Crippen LogP contribution in [0, 0.1) is 12.7 Å². The average molecular weight is 435 g/mol. The third-order valence-corrected chi connectivity index (χ3v) is 4.63. The molecular weight excluding hydrogens is 419 g/mol. The van der Waals surface area contributed by atoms with E-state index in [0.717, 1.165) is 5.56 Å². The van der Waals surface area contributed by atoms with Gasteiger partial charge in [0.25, 0.3) is 0 Å². The Morgan fingerprint density at radius 2 is 2.11 bits per heavy atom. The number of carbonyl (C=O) groups is 2. The SMILES string of the molecule is Cc1cc(Br)c2c(c1)C(=O)C(=Cc1ccc(F)c(OC(C)C(=O)O)c1)CO2. The highest BCUT2D eigenvalue weighted by Gasteiger charge is 2.25. The number of aryl methyl sites for hydroxylation is 1. The van der Waals surface area contributed by atoms with Gasteiger partial charge < -0.3 is 14.6 Å². The number of fused-ring (bicyclic) bond motifs is 1. The second-order valence-electron chi connectivity index (χ2n) is 6.20. The molecule has 27 heavy (non-hydrogen) atoms. The van der Waals surface area contributed by atoms with E-state index in [0.29, 0.717) is 26.9 Å². The summed E-state index contributed by atoms with van der Waals surface area (Å²) in [7, 11) is 0. The molecule has 1 unspecified atom stereocenters. The van der Waals surface area contributed by atoms with Crippen LogP contribution in [0.5, 0.6) is 11.5 Å². The molecule has 0 amide bonds. The van der Waals surface area contributed by atoms with E-state index in [1.807, 2.05) is 13.0 Å². The number of ether oxygens (including phenoxy) is 2. The normalized spacial score (nSPS) is 15.9. The number of hydrogen-bond acceptors (Lipinski definition) is 4. The van der Waals surface area contributed by atoms with Crippen molar-refractivity contribution in [2.45, 2.75) is 20.0 Å². The quantitative estimate of drug-likeness (QED) is 0.721. The van der Waals surface area contributed by atoms with Crippen molar-refractivity contribution in [1.82, 2.24) is 0 Å². The summed E-state index contributed by atoms with van der Waals surface area (Å²) in [5.41, 5.74) is 2.28. The first-order valence-corrected chi connectivity index (χ1v) is 8.93. The number of Topliss-reactive ketones (excluding diaryl/α,β-unsaturated/α-hetero) is 1. The summed E-state index contributed by atoms with van der Waals surface area (Å²) in [6, 6.07) is 7.63. The number of hydrogen-bond donors (Lipinski definition) is 1. The zero-order valence-corrected chi connectivity index (χ0v) is 16.2. The largest absolute Gasteiger partial charge is 0.487 e. The number of carboxylic acids is 1. The predicted molar refractivity (Wildman–Crippen MR) is 101 cm³/mol. The van der Waals surface area contributed by atoms with Gasteiger partial charge in [0.1, 0.15) is 12.4 Å². The van der Waals surface area contributed by atoms with Crippen molar-refractivity contribution in [3.63, 3.8) is 0 Å². The lowest BCUT2D eigenvalue weighted by atomic mass is 9.97. The molecule has 2 aromatic carbocycles. The molecule has 1 aliphatic rings. The lowest BCUT2D eigenvalue weighted by Gasteiger charge is -2.20. The topological polar surface area (TPSA) is 72.8 Å². The van der Waals surface area contributed by atoms with Gasteiger partial charge in [-0.25, -0.2) is 9.18 Å². The first-order chi connectivity index (χ1) is 12.8. The van der Waals surface area contributed by atoms with E-state index in [1.54, 1.807) is 12.1 Å². The highest BCUT2D eigenvalue weighted by molar-refractivity contribution is 9.10. The number of benzene rings is 2. The fraction of sp³-hybridized carbons (Fsp3) is 0.200. The third-order valence-electron chi connectivity index (χ3n) is 4.04. The van der Waals surface area contributed by atoms with E-state index in [4.69, 9.17) is 14.6 Å². The van der Waals surface area contributed by atoms with Gasteiger partial charge in [-0.2, -0.15) is 0 Å². The van der Waals surface area contributed by atoms with Crippen molar-refractivity contribution >= 4 is 33.8 Å². The summed E-state index contributed by atoms with van der Waals surface area (Å²) in [5.74, 6) is -1.75. The van der Waals surface area contributed by atoms with E-state index in [2.05, 4.69) is 15.9 Å². The van der Waals surface area contributed by atoms with Gasteiger partial charge in [0.2, 0.25) is 0 Å². The molecule has 1 heterocycles. The van der Waals surface area contributed by atoms with Gasteiger partial charge in [-0.15, -0.1) is 0 Å². The first kappa shape index (κ1) is 19.1. The average Bonchev–Trinajstić information content (AvgIpc) is 2.60. The molecule has 0 fully saturated rings. The Morgan fingerprint density at radius 1 is 1.37 bits per heavy atom. The van der Waals surface area contributed by atoms with Crippen molar-refractivity contribution in [1.29, 1.82) is 0 Å². The molecule has 0 saturated heterocycles. The minimum absolute atomic E-state index is 0.0760. The van der Waals surface area contributed by atoms with Gasteiger partial charge in [-0.05, 0) is 71.2 Å². The second kappa shape index (κ2) is 7.52. The number of carbonyl (C=O) groups excluding carboxylic acids is 1. The minimum Gasteiger partial charge on any atom is -0.487 e. The molecule has 0 radical (unpaired) electrons. The molecule has 2 aromatic rings. The predicted octanol–water partition coefficient (Wildman–Crippen LogP) is 4.41. The van der Waals surface area contributed by atoms with Gasteiger partial charge in [0.05, 0.1) is 10.0 Å². The fourth-order valence-corrected chi connectivity index (χ4v) is 3.37. The van der Waals surface area contributed by atoms with E-state index in [-0.39, 0.29) is 18.1 Å². The lowest BCUT2D eigenvalue weighted by molar-refractivity contribution is -0.144. The minimum atomic E-state index is -1.20. The maximum Gasteiger partial charge on any atom is 0.344 e. The lowest BCUT2D eigenvalue weighted by Crippen LogP contribution is -2.23. The highest BCUT2D eigenvalue weighted by atomic mass is 79.9. The number of carboxylic acid groups (broad SMARTS) is 1. The van der Waals surface area contributed by atoms with Gasteiger partial charge in [-0.1, -0.05) is 6.07 Å². The molecule has 7 heteroatoms. The maximum atomic E-state index is 13.9. The zero-order chi connectivity index (χ0) is 19.7. The van der Waals surface area contributed by atoms with Crippen molar-refractivity contribution in [2.24, 2.45) is 0 Å². The fourth-order valence-electron chi connectivity index (χ4n) is 2.68. The summed E-state index contributed by atoms with van der Waals surface area (Å²) in [4.78, 5) is 23.7. The van der Waals surface area contributed by atoms with Crippen LogP contribution in [0.25, 0.3) is 6.08 Å². The van der Waals surface area contributed by atoms with Crippen LogP contribution < -0.4 is 9.47 Å². The van der Waals surface area contributed by atoms with E-state index >= 15 is 0 Å². The molecule has 0 saturated carbocycles. The van der Waals surface area contributed by atoms with Gasteiger partial charge in [0, 0.05) is 5.57 Å². The van der Waals surface area contributed by atoms with Crippen LogP contribution in [0.2, 0.25) is 0 Å². The van der Waals surface area contributed by atoms with Gasteiger partial charge >= 0.3 is 5.97 Å². The van der Waals surface area contributed by atoms with Crippen LogP contribution in [0.1, 0.15) is 28.4 Å². The zero-order valence-electron chi connectivity index (χ0n) is 14.6. The van der Waals surface area contributed by atoms with Crippen LogP contribution in [-0.4, -0.2) is 29.6 Å². The van der Waals surface area contributed by atoms with Crippen LogP contribution in [-0.2, 0) is 4.79 Å². The summed E-state index contributed by atoms with van der Waals surface area (Å²) >= 11 is 3.40. The Morgan fingerprint density at radius 3 is 2.81 bits per heavy atom. The first-order valence-electron chi connectivity index (χ1n) is 8.13. The molecule has 1 atom stereocenters. The molecule has 3 rings (SSSR count). The van der Waals surface area contributed by atoms with Crippen molar-refractivity contribution in [2.75, 3.05) is 6.61 Å². The van der Waals surface area contributed by atoms with Crippen LogP contribution in [0.3, 0.4) is 0 Å². The molecular formula is C20H16BrFO5. The van der Waals surface area contributed by atoms with Gasteiger partial charge in [-0.3, -0.25) is 4.79 Å². The van der Waals surface area contributed by atoms with E-state index < -0.39 is 17.9 Å². The molecule has 0 spiro atoms. The molecule has 0 bridgehead atoms. The van der Waals surface area contributed by atoms with Crippen LogP contribution >= 0.6 is 15.9 Å². The molecule has 0 aliphatic carbocycles. The number of halogens is 2.